The average molecular weight is 266 g/mol. The lowest BCUT2D eigenvalue weighted by molar-refractivity contribution is -0.385. The summed E-state index contributed by atoms with van der Waals surface area (Å²) in [6.07, 6.45) is 2.85. The first-order valence-corrected chi connectivity index (χ1v) is 6.60. The van der Waals surface area contributed by atoms with Crippen LogP contribution < -0.4 is 10.1 Å². The van der Waals surface area contributed by atoms with Crippen molar-refractivity contribution in [2.45, 2.75) is 39.0 Å². The Kier molecular flexibility index (Phi) is 4.13. The second-order valence-electron chi connectivity index (χ2n) is 4.49. The molecular weight excluding hydrogens is 248 g/mol. The first kappa shape index (κ1) is 13.5. The van der Waals surface area contributed by atoms with Crippen LogP contribution in [-0.4, -0.2) is 28.0 Å². The highest BCUT2D eigenvalue weighted by Gasteiger charge is 2.32. The first-order chi connectivity index (χ1) is 9.17. The van der Waals surface area contributed by atoms with E-state index in [0.717, 1.165) is 19.3 Å². The number of aromatic nitrogens is 2. The van der Waals surface area contributed by atoms with Crippen LogP contribution in [0.5, 0.6) is 5.88 Å². The summed E-state index contributed by atoms with van der Waals surface area (Å²) < 4.78 is 5.42. The SMILES string of the molecule is CCCOc1nc(C2CC2)nc(NCC)c1[N+](=O)[O-]. The molecule has 1 aromatic rings. The predicted molar refractivity (Wildman–Crippen MR) is 70.6 cm³/mol. The molecule has 1 aromatic heterocycles. The molecule has 0 radical (unpaired) electrons. The summed E-state index contributed by atoms with van der Waals surface area (Å²) in [7, 11) is 0. The Morgan fingerprint density at radius 3 is 2.68 bits per heavy atom. The molecule has 7 heteroatoms. The minimum atomic E-state index is -0.486. The van der Waals surface area contributed by atoms with Crippen LogP contribution in [0.2, 0.25) is 0 Å². The Bertz CT molecular complexity index is 474. The molecule has 0 saturated heterocycles. The molecule has 0 spiro atoms. The molecule has 1 fully saturated rings. The molecule has 19 heavy (non-hydrogen) atoms. The van der Waals surface area contributed by atoms with Crippen molar-refractivity contribution in [3.8, 4) is 5.88 Å². The summed E-state index contributed by atoms with van der Waals surface area (Å²) in [6, 6.07) is 0. The molecular formula is C12H18N4O3. The van der Waals surface area contributed by atoms with E-state index in [0.29, 0.717) is 24.9 Å². The molecule has 0 aromatic carbocycles. The molecule has 1 heterocycles. The number of hydrogen-bond acceptors (Lipinski definition) is 6. The molecule has 7 nitrogen and oxygen atoms in total. The standard InChI is InChI=1S/C12H18N4O3/c1-3-7-19-12-9(16(17)18)11(13-4-2)14-10(15-12)8-5-6-8/h8H,3-7H2,1-2H3,(H,13,14,15). The third-order valence-electron chi connectivity index (χ3n) is 2.78. The third kappa shape index (κ3) is 3.10. The summed E-state index contributed by atoms with van der Waals surface area (Å²) >= 11 is 0. The van der Waals surface area contributed by atoms with Gasteiger partial charge in [0.2, 0.25) is 5.82 Å². The largest absolute Gasteiger partial charge is 0.473 e. The van der Waals surface area contributed by atoms with Gasteiger partial charge in [0.05, 0.1) is 11.5 Å². The van der Waals surface area contributed by atoms with Crippen LogP contribution in [0, 0.1) is 10.1 Å². The second kappa shape index (κ2) is 5.81. The van der Waals surface area contributed by atoms with E-state index in [1.165, 1.54) is 0 Å². The van der Waals surface area contributed by atoms with Crippen LogP contribution in [0.3, 0.4) is 0 Å². The Morgan fingerprint density at radius 1 is 1.42 bits per heavy atom. The zero-order valence-corrected chi connectivity index (χ0v) is 11.2. The number of nitrogens with zero attached hydrogens (tertiary/aromatic N) is 3. The van der Waals surface area contributed by atoms with E-state index in [1.54, 1.807) is 0 Å². The number of anilines is 1. The fourth-order valence-electron chi connectivity index (χ4n) is 1.73. The molecule has 0 atom stereocenters. The molecule has 2 rings (SSSR count). The van der Waals surface area contributed by atoms with Crippen molar-refractivity contribution in [1.82, 2.24) is 9.97 Å². The monoisotopic (exact) mass is 266 g/mol. The van der Waals surface area contributed by atoms with Gasteiger partial charge in [0.1, 0.15) is 5.82 Å². The highest BCUT2D eigenvalue weighted by atomic mass is 16.6. The number of hydrogen-bond donors (Lipinski definition) is 1. The average Bonchev–Trinajstić information content (AvgIpc) is 3.20. The molecule has 0 amide bonds. The molecule has 1 N–H and O–H groups in total. The molecule has 1 aliphatic carbocycles. The van der Waals surface area contributed by atoms with Gasteiger partial charge in [-0.3, -0.25) is 10.1 Å². The predicted octanol–water partition coefficient (Wildman–Crippen LogP) is 2.48. The molecule has 1 aliphatic rings. The van der Waals surface area contributed by atoms with Crippen molar-refractivity contribution in [3.63, 3.8) is 0 Å². The lowest BCUT2D eigenvalue weighted by Crippen LogP contribution is -2.10. The number of nitrogens with one attached hydrogen (secondary N) is 1. The minimum absolute atomic E-state index is 0.0831. The molecule has 1 saturated carbocycles. The lowest BCUT2D eigenvalue weighted by atomic mass is 10.3. The quantitative estimate of drug-likeness (QED) is 0.602. The van der Waals surface area contributed by atoms with Gasteiger partial charge in [0.15, 0.2) is 0 Å². The van der Waals surface area contributed by atoms with Gasteiger partial charge >= 0.3 is 5.69 Å². The van der Waals surface area contributed by atoms with E-state index in [-0.39, 0.29) is 17.4 Å². The third-order valence-corrected chi connectivity index (χ3v) is 2.78. The maximum absolute atomic E-state index is 11.2. The van der Waals surface area contributed by atoms with Crippen molar-refractivity contribution in [1.29, 1.82) is 0 Å². The number of ether oxygens (including phenoxy) is 1. The van der Waals surface area contributed by atoms with Crippen molar-refractivity contribution in [3.05, 3.63) is 15.9 Å². The van der Waals surface area contributed by atoms with Crippen molar-refractivity contribution >= 4 is 11.5 Å². The summed E-state index contributed by atoms with van der Waals surface area (Å²) in [5, 5.41) is 14.1. The lowest BCUT2D eigenvalue weighted by Gasteiger charge is -2.10. The Balaban J connectivity index is 2.42. The highest BCUT2D eigenvalue weighted by molar-refractivity contribution is 5.62. The van der Waals surface area contributed by atoms with Gasteiger partial charge in [-0.1, -0.05) is 6.92 Å². The van der Waals surface area contributed by atoms with Gasteiger partial charge in [0.25, 0.3) is 5.88 Å². The Labute approximate surface area is 111 Å². The number of rotatable bonds is 7. The van der Waals surface area contributed by atoms with Crippen molar-refractivity contribution in [2.24, 2.45) is 0 Å². The van der Waals surface area contributed by atoms with Crippen LogP contribution in [0.25, 0.3) is 0 Å². The van der Waals surface area contributed by atoms with Crippen molar-refractivity contribution in [2.75, 3.05) is 18.5 Å². The minimum Gasteiger partial charge on any atom is -0.473 e. The zero-order valence-electron chi connectivity index (χ0n) is 11.2. The Morgan fingerprint density at radius 2 is 2.16 bits per heavy atom. The molecule has 0 aliphatic heterocycles. The van der Waals surface area contributed by atoms with Gasteiger partial charge in [-0.2, -0.15) is 4.98 Å². The highest BCUT2D eigenvalue weighted by Crippen LogP contribution is 2.41. The van der Waals surface area contributed by atoms with Crippen LogP contribution in [-0.2, 0) is 0 Å². The van der Waals surface area contributed by atoms with Gasteiger partial charge in [-0.05, 0) is 26.2 Å². The van der Waals surface area contributed by atoms with Gasteiger partial charge in [0, 0.05) is 12.5 Å². The zero-order chi connectivity index (χ0) is 13.8. The summed E-state index contributed by atoms with van der Waals surface area (Å²) in [4.78, 5) is 19.2. The molecule has 104 valence electrons. The summed E-state index contributed by atoms with van der Waals surface area (Å²) in [5.41, 5.74) is -0.167. The molecule has 0 unspecified atom stereocenters. The van der Waals surface area contributed by atoms with Crippen LogP contribution in [0.15, 0.2) is 0 Å². The summed E-state index contributed by atoms with van der Waals surface area (Å²) in [5.74, 6) is 1.31. The van der Waals surface area contributed by atoms with Gasteiger partial charge in [-0.25, -0.2) is 4.98 Å². The number of nitro groups is 1. The Hall–Kier alpha value is -1.92. The van der Waals surface area contributed by atoms with Gasteiger partial charge < -0.3 is 10.1 Å². The smallest absolute Gasteiger partial charge is 0.372 e. The van der Waals surface area contributed by atoms with E-state index in [1.807, 2.05) is 13.8 Å². The van der Waals surface area contributed by atoms with E-state index in [4.69, 9.17) is 4.74 Å². The fraction of sp³-hybridized carbons (Fsp3) is 0.667. The fourth-order valence-corrected chi connectivity index (χ4v) is 1.73. The van der Waals surface area contributed by atoms with E-state index in [2.05, 4.69) is 15.3 Å². The topological polar surface area (TPSA) is 90.2 Å². The van der Waals surface area contributed by atoms with Crippen molar-refractivity contribution < 1.29 is 9.66 Å². The van der Waals surface area contributed by atoms with Crippen LogP contribution >= 0.6 is 0 Å². The van der Waals surface area contributed by atoms with E-state index >= 15 is 0 Å². The van der Waals surface area contributed by atoms with Crippen LogP contribution in [0.1, 0.15) is 44.9 Å². The maximum Gasteiger partial charge on any atom is 0.372 e. The van der Waals surface area contributed by atoms with E-state index < -0.39 is 4.92 Å². The normalized spacial score (nSPS) is 14.2. The van der Waals surface area contributed by atoms with E-state index in [9.17, 15) is 10.1 Å². The second-order valence-corrected chi connectivity index (χ2v) is 4.49. The van der Waals surface area contributed by atoms with Crippen LogP contribution in [0.4, 0.5) is 11.5 Å². The van der Waals surface area contributed by atoms with Gasteiger partial charge in [-0.15, -0.1) is 0 Å². The molecule has 0 bridgehead atoms. The first-order valence-electron chi connectivity index (χ1n) is 6.60. The maximum atomic E-state index is 11.2. The summed E-state index contributed by atoms with van der Waals surface area (Å²) in [6.45, 7) is 4.79.